The van der Waals surface area contributed by atoms with E-state index in [1.54, 1.807) is 0 Å². The third-order valence-electron chi connectivity index (χ3n) is 12.5. The summed E-state index contributed by atoms with van der Waals surface area (Å²) >= 11 is 0. The van der Waals surface area contributed by atoms with Crippen molar-refractivity contribution in [3.8, 4) is 0 Å². The molecule has 0 aliphatic rings. The molecule has 0 N–H and O–H groups in total. The Labute approximate surface area is 386 Å². The van der Waals surface area contributed by atoms with Gasteiger partial charge in [0.05, 0.1) is 0 Å². The largest absolute Gasteiger partial charge is 0.462 e. The van der Waals surface area contributed by atoms with Gasteiger partial charge < -0.3 is 14.2 Å². The van der Waals surface area contributed by atoms with Gasteiger partial charge in [-0.3, -0.25) is 14.4 Å². The predicted molar refractivity (Wildman–Crippen MR) is 266 cm³/mol. The third kappa shape index (κ3) is 49.2. The van der Waals surface area contributed by atoms with Gasteiger partial charge in [-0.05, 0) is 38.5 Å². The predicted octanol–water partition coefficient (Wildman–Crippen LogP) is 18.2. The smallest absolute Gasteiger partial charge is 0.306 e. The van der Waals surface area contributed by atoms with E-state index >= 15 is 0 Å². The van der Waals surface area contributed by atoms with E-state index in [1.165, 1.54) is 205 Å². The molecular weight excluding hydrogens is 769 g/mol. The summed E-state index contributed by atoms with van der Waals surface area (Å²) in [4.78, 5) is 38.0. The van der Waals surface area contributed by atoms with Gasteiger partial charge >= 0.3 is 17.9 Å². The van der Waals surface area contributed by atoms with Crippen molar-refractivity contribution < 1.29 is 28.6 Å². The molecule has 62 heavy (non-hydrogen) atoms. The van der Waals surface area contributed by atoms with Crippen LogP contribution in [0.15, 0.2) is 12.2 Å². The van der Waals surface area contributed by atoms with Crippen molar-refractivity contribution in [1.29, 1.82) is 0 Å². The van der Waals surface area contributed by atoms with Crippen LogP contribution < -0.4 is 0 Å². The van der Waals surface area contributed by atoms with Crippen molar-refractivity contribution >= 4 is 17.9 Å². The fourth-order valence-electron chi connectivity index (χ4n) is 8.31. The summed E-state index contributed by atoms with van der Waals surface area (Å²) in [6, 6.07) is 0. The minimum atomic E-state index is -0.766. The first-order valence-corrected chi connectivity index (χ1v) is 27.7. The van der Waals surface area contributed by atoms with Gasteiger partial charge in [-0.25, -0.2) is 0 Å². The second kappa shape index (κ2) is 51.8. The Balaban J connectivity index is 4.20. The van der Waals surface area contributed by atoms with E-state index in [9.17, 15) is 14.4 Å². The summed E-state index contributed by atoms with van der Waals surface area (Å²) in [7, 11) is 0. The number of carbonyl (C=O) groups excluding carboxylic acids is 3. The lowest BCUT2D eigenvalue weighted by atomic mass is 10.0. The van der Waals surface area contributed by atoms with Gasteiger partial charge in [0.2, 0.25) is 0 Å². The zero-order chi connectivity index (χ0) is 45.1. The Morgan fingerprint density at radius 2 is 0.548 bits per heavy atom. The lowest BCUT2D eigenvalue weighted by Crippen LogP contribution is -2.30. The molecule has 0 saturated carbocycles. The van der Waals surface area contributed by atoms with E-state index in [4.69, 9.17) is 14.2 Å². The van der Waals surface area contributed by atoms with E-state index in [0.717, 1.165) is 64.2 Å². The molecule has 0 rings (SSSR count). The first kappa shape index (κ1) is 60.2. The number of hydrogen-bond acceptors (Lipinski definition) is 6. The summed E-state index contributed by atoms with van der Waals surface area (Å²) in [6.07, 6.45) is 57.8. The van der Waals surface area contributed by atoms with Gasteiger partial charge in [-0.2, -0.15) is 0 Å². The molecule has 366 valence electrons. The Bertz CT molecular complexity index is 962. The van der Waals surface area contributed by atoms with Crippen LogP contribution in [0, 0.1) is 0 Å². The van der Waals surface area contributed by atoms with Crippen LogP contribution in [0.5, 0.6) is 0 Å². The topological polar surface area (TPSA) is 78.9 Å². The zero-order valence-electron chi connectivity index (χ0n) is 41.9. The number of rotatable bonds is 51. The van der Waals surface area contributed by atoms with E-state index in [1.807, 2.05) is 0 Å². The minimum absolute atomic E-state index is 0.0670. The van der Waals surface area contributed by atoms with E-state index in [-0.39, 0.29) is 31.1 Å². The first-order chi connectivity index (χ1) is 30.5. The number of carbonyl (C=O) groups is 3. The van der Waals surface area contributed by atoms with Crippen molar-refractivity contribution in [3.05, 3.63) is 12.2 Å². The molecule has 1 atom stereocenters. The number of hydrogen-bond donors (Lipinski definition) is 0. The summed E-state index contributed by atoms with van der Waals surface area (Å²) < 4.78 is 16.8. The fourth-order valence-corrected chi connectivity index (χ4v) is 8.31. The molecule has 0 amide bonds. The number of ether oxygens (including phenoxy) is 3. The molecule has 0 fully saturated rings. The van der Waals surface area contributed by atoms with Crippen molar-refractivity contribution in [2.24, 2.45) is 0 Å². The molecule has 0 aromatic heterocycles. The molecule has 6 heteroatoms. The third-order valence-corrected chi connectivity index (χ3v) is 12.5. The van der Waals surface area contributed by atoms with Crippen molar-refractivity contribution in [1.82, 2.24) is 0 Å². The lowest BCUT2D eigenvalue weighted by Gasteiger charge is -2.18. The van der Waals surface area contributed by atoms with Crippen LogP contribution in [0.4, 0.5) is 0 Å². The van der Waals surface area contributed by atoms with Gasteiger partial charge in [0.25, 0.3) is 0 Å². The summed E-state index contributed by atoms with van der Waals surface area (Å²) in [5.74, 6) is -0.858. The van der Waals surface area contributed by atoms with Gasteiger partial charge in [0.1, 0.15) is 13.2 Å². The molecule has 0 aliphatic heterocycles. The molecule has 6 nitrogen and oxygen atoms in total. The number of esters is 3. The molecule has 0 spiro atoms. The maximum absolute atomic E-state index is 12.8. The van der Waals surface area contributed by atoms with Crippen LogP contribution in [0.2, 0.25) is 0 Å². The first-order valence-electron chi connectivity index (χ1n) is 27.7. The zero-order valence-corrected chi connectivity index (χ0v) is 41.9. The maximum atomic E-state index is 12.8. The average Bonchev–Trinajstić information content (AvgIpc) is 3.27. The van der Waals surface area contributed by atoms with Gasteiger partial charge in [0, 0.05) is 19.3 Å². The molecule has 0 aromatic rings. The standard InChI is InChI=1S/C56H106O6/c1-4-7-10-13-16-19-22-24-25-26-27-28-29-30-31-32-35-37-40-43-46-49-55(58)61-52-53(51-60-54(57)48-45-42-39-36-33-21-18-15-12-9-6-3)62-56(59)50-47-44-41-38-34-23-20-17-14-11-8-5-2/h15,18,53H,4-14,16-17,19-52H2,1-3H3/b18-15-/t53-/m1/s1. The molecule has 0 unspecified atom stereocenters. The molecule has 0 radical (unpaired) electrons. The highest BCUT2D eigenvalue weighted by atomic mass is 16.6. The second-order valence-corrected chi connectivity index (χ2v) is 18.9. The summed E-state index contributed by atoms with van der Waals surface area (Å²) in [5.41, 5.74) is 0. The molecule has 0 aromatic carbocycles. The van der Waals surface area contributed by atoms with E-state index in [0.29, 0.717) is 19.3 Å². The Morgan fingerprint density at radius 1 is 0.306 bits per heavy atom. The SMILES string of the molecule is CCCC/C=C\CCCCCCCC(=O)OC[C@H](COC(=O)CCCCCCCCCCCCCCCCCCCCCCC)OC(=O)CCCCCCCCCCCCCC. The highest BCUT2D eigenvalue weighted by Gasteiger charge is 2.19. The van der Waals surface area contributed by atoms with Gasteiger partial charge in [-0.15, -0.1) is 0 Å². The Morgan fingerprint density at radius 3 is 0.855 bits per heavy atom. The monoisotopic (exact) mass is 875 g/mol. The molecule has 0 aliphatic carbocycles. The number of allylic oxidation sites excluding steroid dienone is 2. The quantitative estimate of drug-likeness (QED) is 0.0262. The lowest BCUT2D eigenvalue weighted by molar-refractivity contribution is -0.167. The fraction of sp³-hybridized carbons (Fsp3) is 0.911. The van der Waals surface area contributed by atoms with E-state index < -0.39 is 6.10 Å². The van der Waals surface area contributed by atoms with Crippen LogP contribution >= 0.6 is 0 Å². The molecule has 0 bridgehead atoms. The van der Waals surface area contributed by atoms with Crippen LogP contribution in [0.3, 0.4) is 0 Å². The van der Waals surface area contributed by atoms with Crippen LogP contribution in [-0.2, 0) is 28.6 Å². The highest BCUT2D eigenvalue weighted by Crippen LogP contribution is 2.17. The van der Waals surface area contributed by atoms with Gasteiger partial charge in [0.15, 0.2) is 6.10 Å². The normalized spacial score (nSPS) is 12.0. The van der Waals surface area contributed by atoms with Crippen LogP contribution in [0.1, 0.15) is 310 Å². The number of unbranched alkanes of at least 4 members (excludes halogenated alkanes) is 38. The van der Waals surface area contributed by atoms with E-state index in [2.05, 4.69) is 32.9 Å². The van der Waals surface area contributed by atoms with Crippen LogP contribution in [-0.4, -0.2) is 37.2 Å². The second-order valence-electron chi connectivity index (χ2n) is 18.9. The highest BCUT2D eigenvalue weighted by molar-refractivity contribution is 5.71. The molecule has 0 heterocycles. The summed E-state index contributed by atoms with van der Waals surface area (Å²) in [5, 5.41) is 0. The van der Waals surface area contributed by atoms with Crippen molar-refractivity contribution in [3.63, 3.8) is 0 Å². The van der Waals surface area contributed by atoms with Gasteiger partial charge in [-0.1, -0.05) is 264 Å². The average molecular weight is 875 g/mol. The summed E-state index contributed by atoms with van der Waals surface area (Å²) in [6.45, 7) is 6.64. The minimum Gasteiger partial charge on any atom is -0.462 e. The Hall–Kier alpha value is -1.85. The Kier molecular flexibility index (Phi) is 50.2. The molecule has 0 saturated heterocycles. The van der Waals surface area contributed by atoms with Crippen molar-refractivity contribution in [2.45, 2.75) is 316 Å². The van der Waals surface area contributed by atoms with Crippen molar-refractivity contribution in [2.75, 3.05) is 13.2 Å². The molecular formula is C56H106O6. The van der Waals surface area contributed by atoms with Crippen LogP contribution in [0.25, 0.3) is 0 Å². The maximum Gasteiger partial charge on any atom is 0.306 e.